The zero-order valence-corrected chi connectivity index (χ0v) is 22.4. The molecule has 192 valence electrons. The molecule has 0 fully saturated rings. The SMILES string of the molecule is COC(=O)c1sc(NC(=O)COc2c(-c3ccc(C(C)(C)C)cc3)oc3cc(C)ccc3c2=O)nc1C. The number of aromatic nitrogens is 1. The van der Waals surface area contributed by atoms with Gasteiger partial charge in [0, 0.05) is 5.56 Å². The fourth-order valence-corrected chi connectivity index (χ4v) is 4.65. The molecule has 4 rings (SSSR count). The van der Waals surface area contributed by atoms with E-state index in [-0.39, 0.29) is 27.5 Å². The van der Waals surface area contributed by atoms with Gasteiger partial charge < -0.3 is 13.9 Å². The number of anilines is 1. The molecule has 4 aromatic rings. The summed E-state index contributed by atoms with van der Waals surface area (Å²) in [5.41, 5.74) is 3.19. The molecule has 2 heterocycles. The van der Waals surface area contributed by atoms with E-state index in [2.05, 4.69) is 31.1 Å². The van der Waals surface area contributed by atoms with E-state index in [1.807, 2.05) is 37.3 Å². The lowest BCUT2D eigenvalue weighted by Crippen LogP contribution is -2.22. The molecule has 1 N–H and O–H groups in total. The quantitative estimate of drug-likeness (QED) is 0.328. The second kappa shape index (κ2) is 10.2. The van der Waals surface area contributed by atoms with E-state index in [0.717, 1.165) is 22.5 Å². The standard InChI is InChI=1S/C28H28N2O6S/c1-15-7-12-19-20(13-15)36-23(17-8-10-18(11-9-17)28(3,4)5)24(22(19)32)35-14-21(31)30-27-29-16(2)25(37-27)26(33)34-6/h7-13H,14H2,1-6H3,(H,29,30,31). The van der Waals surface area contributed by atoms with Gasteiger partial charge in [-0.3, -0.25) is 14.9 Å². The van der Waals surface area contributed by atoms with Crippen molar-refractivity contribution in [1.82, 2.24) is 4.98 Å². The maximum Gasteiger partial charge on any atom is 0.350 e. The van der Waals surface area contributed by atoms with E-state index in [9.17, 15) is 14.4 Å². The minimum absolute atomic E-state index is 0.0425. The zero-order chi connectivity index (χ0) is 26.9. The number of hydrogen-bond donors (Lipinski definition) is 1. The Morgan fingerprint density at radius 3 is 2.43 bits per heavy atom. The second-order valence-corrected chi connectivity index (χ2v) is 10.7. The summed E-state index contributed by atoms with van der Waals surface area (Å²) >= 11 is 0.998. The summed E-state index contributed by atoms with van der Waals surface area (Å²) in [4.78, 5) is 42.4. The first-order valence-corrected chi connectivity index (χ1v) is 12.5. The molecule has 1 amide bonds. The maximum atomic E-state index is 13.4. The van der Waals surface area contributed by atoms with Crippen LogP contribution in [-0.4, -0.2) is 30.6 Å². The van der Waals surface area contributed by atoms with Crippen molar-refractivity contribution in [1.29, 1.82) is 0 Å². The van der Waals surface area contributed by atoms with Gasteiger partial charge in [-0.1, -0.05) is 62.4 Å². The molecular formula is C28H28N2O6S. The smallest absolute Gasteiger partial charge is 0.350 e. The molecule has 0 saturated heterocycles. The van der Waals surface area contributed by atoms with Gasteiger partial charge in [0.2, 0.25) is 11.2 Å². The average molecular weight is 521 g/mol. The van der Waals surface area contributed by atoms with Crippen LogP contribution in [0.1, 0.15) is 47.3 Å². The van der Waals surface area contributed by atoms with Crippen LogP contribution in [0.25, 0.3) is 22.3 Å². The van der Waals surface area contributed by atoms with Gasteiger partial charge in [-0.15, -0.1) is 0 Å². The van der Waals surface area contributed by atoms with E-state index >= 15 is 0 Å². The number of esters is 1. The monoisotopic (exact) mass is 520 g/mol. The number of methoxy groups -OCH3 is 1. The number of aryl methyl sites for hydroxylation is 2. The summed E-state index contributed by atoms with van der Waals surface area (Å²) in [6.45, 7) is 9.46. The first kappa shape index (κ1) is 26.1. The van der Waals surface area contributed by atoms with Crippen molar-refractivity contribution < 1.29 is 23.5 Å². The van der Waals surface area contributed by atoms with Crippen molar-refractivity contribution in [2.45, 2.75) is 40.0 Å². The number of ether oxygens (including phenoxy) is 2. The van der Waals surface area contributed by atoms with Crippen molar-refractivity contribution >= 4 is 39.3 Å². The molecule has 0 aliphatic carbocycles. The largest absolute Gasteiger partial charge is 0.476 e. The van der Waals surface area contributed by atoms with Crippen LogP contribution in [-0.2, 0) is 14.9 Å². The summed E-state index contributed by atoms with van der Waals surface area (Å²) in [5, 5.41) is 3.19. The number of carbonyl (C=O) groups is 2. The van der Waals surface area contributed by atoms with Crippen LogP contribution in [0.4, 0.5) is 5.13 Å². The number of nitrogens with one attached hydrogen (secondary N) is 1. The summed E-state index contributed by atoms with van der Waals surface area (Å²) < 4.78 is 16.6. The van der Waals surface area contributed by atoms with Gasteiger partial charge in [-0.25, -0.2) is 9.78 Å². The van der Waals surface area contributed by atoms with Crippen molar-refractivity contribution in [3.8, 4) is 17.1 Å². The van der Waals surface area contributed by atoms with Crippen LogP contribution in [0.5, 0.6) is 5.75 Å². The number of carbonyl (C=O) groups excluding carboxylic acids is 2. The van der Waals surface area contributed by atoms with E-state index in [1.54, 1.807) is 19.1 Å². The topological polar surface area (TPSA) is 108 Å². The predicted molar refractivity (Wildman–Crippen MR) is 144 cm³/mol. The lowest BCUT2D eigenvalue weighted by Gasteiger charge is -2.19. The normalized spacial score (nSPS) is 11.4. The van der Waals surface area contributed by atoms with Gasteiger partial charge in [-0.2, -0.15) is 0 Å². The Kier molecular flexibility index (Phi) is 7.18. The first-order chi connectivity index (χ1) is 17.5. The zero-order valence-electron chi connectivity index (χ0n) is 21.6. The van der Waals surface area contributed by atoms with E-state index in [1.165, 1.54) is 7.11 Å². The highest BCUT2D eigenvalue weighted by molar-refractivity contribution is 7.17. The molecule has 0 unspecified atom stereocenters. The highest BCUT2D eigenvalue weighted by Crippen LogP contribution is 2.33. The Morgan fingerprint density at radius 2 is 1.78 bits per heavy atom. The molecular weight excluding hydrogens is 492 g/mol. The molecule has 37 heavy (non-hydrogen) atoms. The predicted octanol–water partition coefficient (Wildman–Crippen LogP) is 5.63. The van der Waals surface area contributed by atoms with Crippen LogP contribution in [0, 0.1) is 13.8 Å². The van der Waals surface area contributed by atoms with Gasteiger partial charge in [-0.05, 0) is 42.5 Å². The fraction of sp³-hybridized carbons (Fsp3) is 0.286. The van der Waals surface area contributed by atoms with Gasteiger partial charge in [0.25, 0.3) is 5.91 Å². The molecule has 0 aliphatic heterocycles. The number of benzene rings is 2. The van der Waals surface area contributed by atoms with Gasteiger partial charge in [0.05, 0.1) is 18.2 Å². The van der Waals surface area contributed by atoms with Crippen LogP contribution in [0.3, 0.4) is 0 Å². The Balaban J connectivity index is 1.66. The molecule has 0 spiro atoms. The van der Waals surface area contributed by atoms with Crippen molar-refractivity contribution in [3.05, 3.63) is 74.4 Å². The highest BCUT2D eigenvalue weighted by Gasteiger charge is 2.21. The third kappa shape index (κ3) is 5.56. The third-order valence-corrected chi connectivity index (χ3v) is 6.83. The van der Waals surface area contributed by atoms with Crippen molar-refractivity contribution in [3.63, 3.8) is 0 Å². The Morgan fingerprint density at radius 1 is 1.08 bits per heavy atom. The molecule has 0 atom stereocenters. The highest BCUT2D eigenvalue weighted by atomic mass is 32.1. The molecule has 2 aromatic carbocycles. The second-order valence-electron chi connectivity index (χ2n) is 9.68. The summed E-state index contributed by atoms with van der Waals surface area (Å²) in [5.74, 6) is -0.879. The van der Waals surface area contributed by atoms with Gasteiger partial charge >= 0.3 is 5.97 Å². The van der Waals surface area contributed by atoms with Crippen molar-refractivity contribution in [2.24, 2.45) is 0 Å². The molecule has 9 heteroatoms. The lowest BCUT2D eigenvalue weighted by atomic mass is 9.86. The Hall–Kier alpha value is -3.98. The van der Waals surface area contributed by atoms with Crippen LogP contribution < -0.4 is 15.5 Å². The first-order valence-electron chi connectivity index (χ1n) is 11.6. The number of nitrogens with zero attached hydrogens (tertiary/aromatic N) is 1. The summed E-state index contributed by atoms with van der Waals surface area (Å²) in [6.07, 6.45) is 0. The number of hydrogen-bond acceptors (Lipinski definition) is 8. The van der Waals surface area contributed by atoms with E-state index in [4.69, 9.17) is 13.9 Å². The minimum atomic E-state index is -0.539. The number of fused-ring (bicyclic) bond motifs is 1. The molecule has 0 radical (unpaired) electrons. The number of amides is 1. The van der Waals surface area contributed by atoms with Crippen LogP contribution in [0.2, 0.25) is 0 Å². The molecule has 2 aromatic heterocycles. The lowest BCUT2D eigenvalue weighted by molar-refractivity contribution is -0.118. The molecule has 0 saturated carbocycles. The third-order valence-electron chi connectivity index (χ3n) is 5.78. The number of thiazole rings is 1. The Bertz CT molecular complexity index is 1540. The van der Waals surface area contributed by atoms with Crippen LogP contribution in [0.15, 0.2) is 51.7 Å². The van der Waals surface area contributed by atoms with E-state index < -0.39 is 18.5 Å². The van der Waals surface area contributed by atoms with Crippen LogP contribution >= 0.6 is 11.3 Å². The summed E-state index contributed by atoms with van der Waals surface area (Å²) in [7, 11) is 1.28. The minimum Gasteiger partial charge on any atom is -0.476 e. The number of rotatable bonds is 6. The molecule has 0 aliphatic rings. The maximum absolute atomic E-state index is 13.4. The Labute approximate surface area is 218 Å². The van der Waals surface area contributed by atoms with E-state index in [0.29, 0.717) is 27.1 Å². The average Bonchev–Trinajstić information content (AvgIpc) is 3.21. The molecule has 8 nitrogen and oxygen atoms in total. The molecule has 0 bridgehead atoms. The summed E-state index contributed by atoms with van der Waals surface area (Å²) in [6, 6.07) is 13.0. The van der Waals surface area contributed by atoms with Crippen molar-refractivity contribution in [2.75, 3.05) is 19.0 Å². The van der Waals surface area contributed by atoms with Gasteiger partial charge in [0.1, 0.15) is 10.5 Å². The van der Waals surface area contributed by atoms with Gasteiger partial charge in [0.15, 0.2) is 17.5 Å². The fourth-order valence-electron chi connectivity index (χ4n) is 3.75.